The average Bonchev–Trinajstić information content (AvgIpc) is 2.66. The Morgan fingerprint density at radius 2 is 1.58 bits per heavy atom. The van der Waals surface area contributed by atoms with Gasteiger partial charge in [0.25, 0.3) is 5.91 Å². The van der Waals surface area contributed by atoms with E-state index in [0.29, 0.717) is 5.56 Å². The summed E-state index contributed by atoms with van der Waals surface area (Å²) in [5, 5.41) is 2.81. The second-order valence-corrected chi connectivity index (χ2v) is 6.53. The first-order valence-electron chi connectivity index (χ1n) is 9.10. The summed E-state index contributed by atoms with van der Waals surface area (Å²) in [6.07, 6.45) is 3.67. The number of benzene rings is 2. The Morgan fingerprint density at radius 1 is 1.00 bits per heavy atom. The van der Waals surface area contributed by atoms with Gasteiger partial charge in [-0.3, -0.25) is 9.59 Å². The van der Waals surface area contributed by atoms with Crippen molar-refractivity contribution in [2.24, 2.45) is 0 Å². The first-order chi connectivity index (χ1) is 12.5. The molecule has 2 aromatic carbocycles. The van der Waals surface area contributed by atoms with Crippen LogP contribution < -0.4 is 5.32 Å². The first-order valence-corrected chi connectivity index (χ1v) is 9.10. The molecule has 1 amide bonds. The molecule has 0 radical (unpaired) electrons. The molecule has 0 unspecified atom stereocenters. The lowest BCUT2D eigenvalue weighted by Gasteiger charge is -2.13. The summed E-state index contributed by atoms with van der Waals surface area (Å²) in [6, 6.07) is 15.8. The van der Waals surface area contributed by atoms with Gasteiger partial charge in [-0.1, -0.05) is 49.7 Å². The van der Waals surface area contributed by atoms with Gasteiger partial charge in [0.2, 0.25) is 0 Å². The molecule has 138 valence electrons. The minimum atomic E-state index is -0.337. The van der Waals surface area contributed by atoms with Gasteiger partial charge in [0.1, 0.15) is 0 Å². The van der Waals surface area contributed by atoms with Crippen LogP contribution in [0.4, 0.5) is 0 Å². The number of nitrogens with one attached hydrogen (secondary N) is 1. The monoisotopic (exact) mass is 353 g/mol. The van der Waals surface area contributed by atoms with Crippen molar-refractivity contribution in [3.63, 3.8) is 0 Å². The van der Waals surface area contributed by atoms with Gasteiger partial charge in [-0.15, -0.1) is 0 Å². The lowest BCUT2D eigenvalue weighted by molar-refractivity contribution is -0.141. The van der Waals surface area contributed by atoms with Crippen LogP contribution >= 0.6 is 0 Å². The SMILES string of the molecule is CCCCc1ccc(-c2ccc(C(=O)N[C@@H](C)CC(=O)OC)cc2)cc1. The third kappa shape index (κ3) is 5.73. The molecule has 0 heterocycles. The van der Waals surface area contributed by atoms with Crippen LogP contribution in [0.2, 0.25) is 0 Å². The lowest BCUT2D eigenvalue weighted by atomic mass is 10.0. The fraction of sp³-hybridized carbons (Fsp3) is 0.364. The highest BCUT2D eigenvalue weighted by Gasteiger charge is 2.13. The highest BCUT2D eigenvalue weighted by atomic mass is 16.5. The number of esters is 1. The standard InChI is InChI=1S/C22H27NO3/c1-4-5-6-17-7-9-18(10-8-17)19-11-13-20(14-12-19)22(25)23-16(2)15-21(24)26-3/h7-14,16H,4-6,15H2,1-3H3,(H,23,25)/t16-/m0/s1. The number of methoxy groups -OCH3 is 1. The molecule has 1 atom stereocenters. The van der Waals surface area contributed by atoms with Crippen LogP contribution in [0.15, 0.2) is 48.5 Å². The Labute approximate surface area is 155 Å². The number of hydrogen-bond acceptors (Lipinski definition) is 3. The second kappa shape index (κ2) is 9.76. The summed E-state index contributed by atoms with van der Waals surface area (Å²) in [4.78, 5) is 23.5. The fourth-order valence-corrected chi connectivity index (χ4v) is 2.75. The highest BCUT2D eigenvalue weighted by Crippen LogP contribution is 2.21. The molecular weight excluding hydrogens is 326 g/mol. The number of aryl methyl sites for hydroxylation is 1. The molecule has 4 nitrogen and oxygen atoms in total. The van der Waals surface area contributed by atoms with Gasteiger partial charge in [0, 0.05) is 11.6 Å². The van der Waals surface area contributed by atoms with E-state index < -0.39 is 0 Å². The topological polar surface area (TPSA) is 55.4 Å². The van der Waals surface area contributed by atoms with E-state index >= 15 is 0 Å². The third-order valence-corrected chi connectivity index (χ3v) is 4.33. The Balaban J connectivity index is 1.98. The van der Waals surface area contributed by atoms with Crippen LogP contribution in [0.25, 0.3) is 11.1 Å². The van der Waals surface area contributed by atoms with Crippen molar-refractivity contribution < 1.29 is 14.3 Å². The molecule has 0 aliphatic rings. The van der Waals surface area contributed by atoms with Crippen LogP contribution in [0, 0.1) is 0 Å². The molecule has 0 bridgehead atoms. The van der Waals surface area contributed by atoms with Crippen LogP contribution in [0.1, 0.15) is 49.0 Å². The first kappa shape index (κ1) is 19.7. The van der Waals surface area contributed by atoms with Gasteiger partial charge in [0.05, 0.1) is 13.5 Å². The molecule has 4 heteroatoms. The van der Waals surface area contributed by atoms with Crippen LogP contribution in [-0.2, 0) is 16.0 Å². The number of ether oxygens (including phenoxy) is 1. The van der Waals surface area contributed by atoms with E-state index in [2.05, 4.69) is 41.2 Å². The third-order valence-electron chi connectivity index (χ3n) is 4.33. The van der Waals surface area contributed by atoms with Crippen molar-refractivity contribution in [3.05, 3.63) is 59.7 Å². The van der Waals surface area contributed by atoms with E-state index in [0.717, 1.165) is 17.5 Å². The number of rotatable bonds is 8. The average molecular weight is 353 g/mol. The van der Waals surface area contributed by atoms with Crippen LogP contribution in [-0.4, -0.2) is 25.0 Å². The normalized spacial score (nSPS) is 11.7. The van der Waals surface area contributed by atoms with Gasteiger partial charge in [-0.05, 0) is 48.6 Å². The predicted octanol–water partition coefficient (Wildman–Crippen LogP) is 4.38. The van der Waals surface area contributed by atoms with Crippen LogP contribution in [0.3, 0.4) is 0 Å². The molecular formula is C22H27NO3. The highest BCUT2D eigenvalue weighted by molar-refractivity contribution is 5.95. The number of carbonyl (C=O) groups is 2. The van der Waals surface area contributed by atoms with E-state index in [4.69, 9.17) is 0 Å². The Kier molecular flexibility index (Phi) is 7.39. The van der Waals surface area contributed by atoms with Gasteiger partial charge in [-0.25, -0.2) is 0 Å². The van der Waals surface area contributed by atoms with E-state index in [-0.39, 0.29) is 24.3 Å². The van der Waals surface area contributed by atoms with Crippen molar-refractivity contribution in [2.45, 2.75) is 45.6 Å². The summed E-state index contributed by atoms with van der Waals surface area (Å²) in [7, 11) is 1.34. The summed E-state index contributed by atoms with van der Waals surface area (Å²) in [5.74, 6) is -0.529. The number of hydrogen-bond donors (Lipinski definition) is 1. The molecule has 0 aliphatic heterocycles. The van der Waals surface area contributed by atoms with Crippen LogP contribution in [0.5, 0.6) is 0 Å². The van der Waals surface area contributed by atoms with E-state index in [9.17, 15) is 9.59 Å². The Morgan fingerprint density at radius 3 is 2.12 bits per heavy atom. The quantitative estimate of drug-likeness (QED) is 0.717. The van der Waals surface area contributed by atoms with Crippen molar-refractivity contribution in [3.8, 4) is 11.1 Å². The Hall–Kier alpha value is -2.62. The van der Waals surface area contributed by atoms with E-state index in [1.165, 1.54) is 25.5 Å². The van der Waals surface area contributed by atoms with Crippen molar-refractivity contribution in [1.82, 2.24) is 5.32 Å². The summed E-state index contributed by atoms with van der Waals surface area (Å²) >= 11 is 0. The molecule has 2 aromatic rings. The lowest BCUT2D eigenvalue weighted by Crippen LogP contribution is -2.34. The minimum absolute atomic E-state index is 0.157. The summed E-state index contributed by atoms with van der Waals surface area (Å²) in [5.41, 5.74) is 4.14. The largest absolute Gasteiger partial charge is 0.469 e. The van der Waals surface area contributed by atoms with Gasteiger partial charge >= 0.3 is 5.97 Å². The number of unbranched alkanes of at least 4 members (excludes halogenated alkanes) is 1. The second-order valence-electron chi connectivity index (χ2n) is 6.53. The molecule has 0 aliphatic carbocycles. The molecule has 0 spiro atoms. The van der Waals surface area contributed by atoms with Crippen molar-refractivity contribution in [2.75, 3.05) is 7.11 Å². The van der Waals surface area contributed by atoms with Gasteiger partial charge < -0.3 is 10.1 Å². The molecule has 0 aromatic heterocycles. The molecule has 0 saturated carbocycles. The van der Waals surface area contributed by atoms with Crippen molar-refractivity contribution in [1.29, 1.82) is 0 Å². The molecule has 26 heavy (non-hydrogen) atoms. The van der Waals surface area contributed by atoms with E-state index in [1.54, 1.807) is 19.1 Å². The van der Waals surface area contributed by atoms with E-state index in [1.807, 2.05) is 12.1 Å². The molecule has 0 fully saturated rings. The Bertz CT molecular complexity index is 720. The predicted molar refractivity (Wildman–Crippen MR) is 104 cm³/mol. The van der Waals surface area contributed by atoms with Gasteiger partial charge in [0.15, 0.2) is 0 Å². The fourth-order valence-electron chi connectivity index (χ4n) is 2.75. The number of carbonyl (C=O) groups excluding carboxylic acids is 2. The maximum Gasteiger partial charge on any atom is 0.307 e. The maximum atomic E-state index is 12.3. The molecule has 0 saturated heterocycles. The smallest absolute Gasteiger partial charge is 0.307 e. The van der Waals surface area contributed by atoms with Crippen molar-refractivity contribution >= 4 is 11.9 Å². The minimum Gasteiger partial charge on any atom is -0.469 e. The molecule has 1 N–H and O–H groups in total. The zero-order valence-corrected chi connectivity index (χ0v) is 15.7. The molecule has 2 rings (SSSR count). The zero-order chi connectivity index (χ0) is 18.9. The number of amides is 1. The maximum absolute atomic E-state index is 12.3. The summed E-state index contributed by atoms with van der Waals surface area (Å²) in [6.45, 7) is 3.98. The van der Waals surface area contributed by atoms with Gasteiger partial charge in [-0.2, -0.15) is 0 Å². The zero-order valence-electron chi connectivity index (χ0n) is 15.7. The summed E-state index contributed by atoms with van der Waals surface area (Å²) < 4.78 is 4.61.